The van der Waals surface area contributed by atoms with Crippen LogP contribution in [0.4, 0.5) is 0 Å². The Morgan fingerprint density at radius 1 is 0.714 bits per heavy atom. The third-order valence-corrected chi connectivity index (χ3v) is 2.73. The molecule has 0 aliphatic rings. The van der Waals surface area contributed by atoms with Gasteiger partial charge in [0.15, 0.2) is 0 Å². The minimum atomic E-state index is 0.203. The van der Waals surface area contributed by atoms with E-state index in [1.54, 1.807) is 0 Å². The topological polar surface area (TPSA) is 9.23 Å². The van der Waals surface area contributed by atoms with E-state index >= 15 is 0 Å². The van der Waals surface area contributed by atoms with Crippen molar-refractivity contribution in [3.05, 3.63) is 0 Å². The van der Waals surface area contributed by atoms with Gasteiger partial charge < -0.3 is 4.74 Å². The molecule has 0 radical (unpaired) electrons. The lowest BCUT2D eigenvalue weighted by molar-refractivity contribution is -0.0647. The maximum Gasteiger partial charge on any atom is 0.0682 e. The lowest BCUT2D eigenvalue weighted by Gasteiger charge is -2.33. The lowest BCUT2D eigenvalue weighted by Crippen LogP contribution is -2.32. The zero-order valence-electron chi connectivity index (χ0n) is 10.6. The van der Waals surface area contributed by atoms with Crippen LogP contribution in [-0.2, 0) is 4.74 Å². The van der Waals surface area contributed by atoms with Crippen LogP contribution in [0.15, 0.2) is 0 Å². The minimum Gasteiger partial charge on any atom is -0.375 e. The fraction of sp³-hybridized carbons (Fsp3) is 1.00. The van der Waals surface area contributed by atoms with Gasteiger partial charge in [-0.2, -0.15) is 0 Å². The molecule has 0 saturated carbocycles. The quantitative estimate of drug-likeness (QED) is 0.530. The summed E-state index contributed by atoms with van der Waals surface area (Å²) in [5.74, 6) is 0. The van der Waals surface area contributed by atoms with E-state index in [2.05, 4.69) is 27.7 Å². The highest BCUT2D eigenvalue weighted by Crippen LogP contribution is 2.29. The average molecular weight is 200 g/mol. The van der Waals surface area contributed by atoms with Gasteiger partial charge in [-0.15, -0.1) is 0 Å². The van der Waals surface area contributed by atoms with Crippen LogP contribution in [0.1, 0.15) is 72.6 Å². The summed E-state index contributed by atoms with van der Waals surface area (Å²) in [6.45, 7) is 9.90. The summed E-state index contributed by atoms with van der Waals surface area (Å²) in [6.07, 6.45) is 8.55. The molecule has 1 nitrogen and oxygen atoms in total. The molecule has 0 heterocycles. The SMILES string of the molecule is CCCOC(CCC)(CCC)CCC. The molecule has 14 heavy (non-hydrogen) atoms. The molecule has 0 fully saturated rings. The molecule has 0 atom stereocenters. The fourth-order valence-electron chi connectivity index (χ4n) is 2.28. The Labute approximate surface area is 90.2 Å². The molecule has 0 aliphatic heterocycles. The first-order chi connectivity index (χ1) is 6.74. The Bertz CT molecular complexity index is 103. The van der Waals surface area contributed by atoms with Crippen LogP contribution >= 0.6 is 0 Å². The summed E-state index contributed by atoms with van der Waals surface area (Å²) in [7, 11) is 0. The number of hydrogen-bond acceptors (Lipinski definition) is 1. The molecule has 0 rings (SSSR count). The molecule has 0 aromatic heterocycles. The molecule has 0 unspecified atom stereocenters. The second-order valence-electron chi connectivity index (χ2n) is 4.28. The van der Waals surface area contributed by atoms with Crippen LogP contribution in [0.5, 0.6) is 0 Å². The van der Waals surface area contributed by atoms with Crippen molar-refractivity contribution in [3.63, 3.8) is 0 Å². The first-order valence-corrected chi connectivity index (χ1v) is 6.38. The van der Waals surface area contributed by atoms with Crippen LogP contribution in [0.25, 0.3) is 0 Å². The first kappa shape index (κ1) is 14.0. The van der Waals surface area contributed by atoms with E-state index < -0.39 is 0 Å². The molecular formula is C13H28O. The molecule has 0 N–H and O–H groups in total. The molecule has 1 heteroatoms. The molecule has 86 valence electrons. The normalized spacial score (nSPS) is 12.0. The molecule has 0 amide bonds. The molecule has 0 aromatic rings. The number of rotatable bonds is 9. The number of hydrogen-bond donors (Lipinski definition) is 0. The van der Waals surface area contributed by atoms with E-state index in [4.69, 9.17) is 4.74 Å². The van der Waals surface area contributed by atoms with Crippen molar-refractivity contribution in [2.75, 3.05) is 6.61 Å². The smallest absolute Gasteiger partial charge is 0.0682 e. The summed E-state index contributed by atoms with van der Waals surface area (Å²) in [6, 6.07) is 0. The van der Waals surface area contributed by atoms with Gasteiger partial charge in [-0.05, 0) is 25.7 Å². The van der Waals surface area contributed by atoms with Crippen molar-refractivity contribution in [1.29, 1.82) is 0 Å². The Morgan fingerprint density at radius 2 is 1.14 bits per heavy atom. The Morgan fingerprint density at radius 3 is 1.43 bits per heavy atom. The monoisotopic (exact) mass is 200 g/mol. The largest absolute Gasteiger partial charge is 0.375 e. The average Bonchev–Trinajstić information content (AvgIpc) is 2.16. The highest BCUT2D eigenvalue weighted by Gasteiger charge is 2.27. The zero-order chi connectivity index (χ0) is 10.9. The maximum atomic E-state index is 6.10. The van der Waals surface area contributed by atoms with Gasteiger partial charge in [-0.25, -0.2) is 0 Å². The summed E-state index contributed by atoms with van der Waals surface area (Å²) < 4.78 is 6.10. The molecule has 0 bridgehead atoms. The predicted octanol–water partition coefficient (Wildman–Crippen LogP) is 4.55. The summed E-state index contributed by atoms with van der Waals surface area (Å²) in [5, 5.41) is 0. The molecular weight excluding hydrogens is 172 g/mol. The van der Waals surface area contributed by atoms with Gasteiger partial charge >= 0.3 is 0 Å². The molecule has 0 spiro atoms. The highest BCUT2D eigenvalue weighted by atomic mass is 16.5. The van der Waals surface area contributed by atoms with Crippen molar-refractivity contribution in [2.24, 2.45) is 0 Å². The van der Waals surface area contributed by atoms with E-state index in [9.17, 15) is 0 Å². The lowest BCUT2D eigenvalue weighted by atomic mass is 9.88. The van der Waals surface area contributed by atoms with Crippen LogP contribution < -0.4 is 0 Å². The van der Waals surface area contributed by atoms with Crippen LogP contribution in [0.2, 0.25) is 0 Å². The third kappa shape index (κ3) is 4.99. The Balaban J connectivity index is 4.21. The third-order valence-electron chi connectivity index (χ3n) is 2.73. The summed E-state index contributed by atoms with van der Waals surface area (Å²) in [4.78, 5) is 0. The van der Waals surface area contributed by atoms with Gasteiger partial charge in [0.1, 0.15) is 0 Å². The zero-order valence-corrected chi connectivity index (χ0v) is 10.6. The van der Waals surface area contributed by atoms with Crippen LogP contribution in [0, 0.1) is 0 Å². The summed E-state index contributed by atoms with van der Waals surface area (Å²) in [5.41, 5.74) is 0.203. The Kier molecular flexibility index (Phi) is 8.26. The van der Waals surface area contributed by atoms with Gasteiger partial charge in [0.2, 0.25) is 0 Å². The van der Waals surface area contributed by atoms with Crippen molar-refractivity contribution >= 4 is 0 Å². The van der Waals surface area contributed by atoms with Gasteiger partial charge in [-0.1, -0.05) is 47.0 Å². The second kappa shape index (κ2) is 8.28. The minimum absolute atomic E-state index is 0.203. The van der Waals surface area contributed by atoms with E-state index in [1.165, 1.54) is 38.5 Å². The van der Waals surface area contributed by atoms with Gasteiger partial charge in [0.05, 0.1) is 5.60 Å². The molecule has 0 aromatic carbocycles. The first-order valence-electron chi connectivity index (χ1n) is 6.38. The second-order valence-corrected chi connectivity index (χ2v) is 4.28. The highest BCUT2D eigenvalue weighted by molar-refractivity contribution is 4.79. The predicted molar refractivity (Wildman–Crippen MR) is 63.7 cm³/mol. The van der Waals surface area contributed by atoms with E-state index in [0.29, 0.717) is 0 Å². The van der Waals surface area contributed by atoms with Crippen LogP contribution in [0.3, 0.4) is 0 Å². The van der Waals surface area contributed by atoms with Crippen molar-refractivity contribution < 1.29 is 4.74 Å². The van der Waals surface area contributed by atoms with E-state index in [0.717, 1.165) is 13.0 Å². The van der Waals surface area contributed by atoms with E-state index in [1.807, 2.05) is 0 Å². The maximum absolute atomic E-state index is 6.10. The Hall–Kier alpha value is -0.0400. The standard InChI is InChI=1S/C13H28O/c1-5-9-13(10-6-2,11-7-3)14-12-8-4/h5-12H2,1-4H3. The van der Waals surface area contributed by atoms with Crippen LogP contribution in [-0.4, -0.2) is 12.2 Å². The van der Waals surface area contributed by atoms with Crippen molar-refractivity contribution in [1.82, 2.24) is 0 Å². The van der Waals surface area contributed by atoms with Gasteiger partial charge in [0.25, 0.3) is 0 Å². The van der Waals surface area contributed by atoms with Crippen molar-refractivity contribution in [2.45, 2.75) is 78.2 Å². The number of ether oxygens (including phenoxy) is 1. The van der Waals surface area contributed by atoms with Gasteiger partial charge in [0, 0.05) is 6.61 Å². The fourth-order valence-corrected chi connectivity index (χ4v) is 2.28. The summed E-state index contributed by atoms with van der Waals surface area (Å²) >= 11 is 0. The van der Waals surface area contributed by atoms with E-state index in [-0.39, 0.29) is 5.60 Å². The van der Waals surface area contributed by atoms with Gasteiger partial charge in [-0.3, -0.25) is 0 Å². The molecule has 0 saturated heterocycles. The van der Waals surface area contributed by atoms with Crippen molar-refractivity contribution in [3.8, 4) is 0 Å². The molecule has 0 aliphatic carbocycles.